The first-order valence-electron chi connectivity index (χ1n) is 10.0. The number of aliphatic carboxylic acids is 1. The van der Waals surface area contributed by atoms with E-state index in [1.54, 1.807) is 0 Å². The van der Waals surface area contributed by atoms with Crippen LogP contribution in [0.1, 0.15) is 31.4 Å². The normalized spacial score (nSPS) is 12.6. The Morgan fingerprint density at radius 2 is 1.71 bits per heavy atom. The number of hydrazine groups is 1. The van der Waals surface area contributed by atoms with E-state index in [0.29, 0.717) is 17.9 Å². The van der Waals surface area contributed by atoms with Crippen molar-refractivity contribution in [3.8, 4) is 0 Å². The maximum Gasteiger partial charge on any atom is 0.305 e. The molecule has 0 saturated heterocycles. The molecule has 0 unspecified atom stereocenters. The van der Waals surface area contributed by atoms with Crippen molar-refractivity contribution in [2.45, 2.75) is 45.1 Å². The van der Waals surface area contributed by atoms with Gasteiger partial charge in [0.25, 0.3) is 10.0 Å². The highest BCUT2D eigenvalue weighted by atomic mass is 32.2. The van der Waals surface area contributed by atoms with Gasteiger partial charge in [-0.3, -0.25) is 9.10 Å². The van der Waals surface area contributed by atoms with Crippen LogP contribution in [-0.2, 0) is 14.8 Å². The van der Waals surface area contributed by atoms with Gasteiger partial charge in [0.2, 0.25) is 0 Å². The van der Waals surface area contributed by atoms with Crippen LogP contribution in [0.3, 0.4) is 0 Å². The van der Waals surface area contributed by atoms with Crippen molar-refractivity contribution >= 4 is 27.4 Å². The third-order valence-corrected chi connectivity index (χ3v) is 6.68. The van der Waals surface area contributed by atoms with Gasteiger partial charge in [-0.15, -0.1) is 0 Å². The number of aryl methyl sites for hydroxylation is 2. The fourth-order valence-corrected chi connectivity index (χ4v) is 5.02. The molecular weight excluding hydrogens is 418 g/mol. The van der Waals surface area contributed by atoms with Gasteiger partial charge in [0, 0.05) is 6.54 Å². The predicted molar refractivity (Wildman–Crippen MR) is 122 cm³/mol. The number of anilines is 2. The molecule has 0 aliphatic carbocycles. The number of aliphatic hydroxyl groups excluding tert-OH is 1. The minimum absolute atomic E-state index is 0.101. The summed E-state index contributed by atoms with van der Waals surface area (Å²) in [5.74, 6) is 4.97. The van der Waals surface area contributed by atoms with Crippen molar-refractivity contribution in [3.05, 3.63) is 53.6 Å². The molecule has 0 heterocycles. The van der Waals surface area contributed by atoms with Gasteiger partial charge in [-0.2, -0.15) is 0 Å². The number of rotatable bonds is 10. The van der Waals surface area contributed by atoms with Gasteiger partial charge < -0.3 is 15.2 Å². The van der Waals surface area contributed by atoms with E-state index in [-0.39, 0.29) is 17.2 Å². The Morgan fingerprint density at radius 1 is 1.10 bits per heavy atom. The van der Waals surface area contributed by atoms with Crippen molar-refractivity contribution in [3.63, 3.8) is 0 Å². The second kappa shape index (κ2) is 10.1. The summed E-state index contributed by atoms with van der Waals surface area (Å²) in [6.45, 7) is 7.63. The molecule has 1 atom stereocenters. The summed E-state index contributed by atoms with van der Waals surface area (Å²) in [5, 5.41) is 19.5. The Hall–Kier alpha value is -2.62. The maximum atomic E-state index is 13.5. The molecule has 0 bridgehead atoms. The lowest BCUT2D eigenvalue weighted by atomic mass is 10.1. The number of nitrogens with two attached hydrogens (primary N) is 1. The quantitative estimate of drug-likeness (QED) is 0.376. The van der Waals surface area contributed by atoms with E-state index in [9.17, 15) is 18.3 Å². The molecule has 0 fully saturated rings. The van der Waals surface area contributed by atoms with Crippen LogP contribution in [-0.4, -0.2) is 43.8 Å². The van der Waals surface area contributed by atoms with Gasteiger partial charge in [0.1, 0.15) is 0 Å². The first kappa shape index (κ1) is 24.6. The molecule has 0 aliphatic rings. The summed E-state index contributed by atoms with van der Waals surface area (Å²) in [4.78, 5) is 11.1. The molecule has 31 heavy (non-hydrogen) atoms. The average molecular weight is 450 g/mol. The first-order valence-corrected chi connectivity index (χ1v) is 11.5. The molecule has 0 radical (unpaired) electrons. The van der Waals surface area contributed by atoms with Crippen LogP contribution in [0.2, 0.25) is 0 Å². The molecule has 0 saturated carbocycles. The number of aliphatic hydroxyl groups is 1. The Labute approximate surface area is 183 Å². The van der Waals surface area contributed by atoms with E-state index in [2.05, 4.69) is 0 Å². The van der Waals surface area contributed by atoms with Gasteiger partial charge >= 0.3 is 5.97 Å². The van der Waals surface area contributed by atoms with Crippen LogP contribution in [0.4, 0.5) is 11.4 Å². The van der Waals surface area contributed by atoms with Crippen LogP contribution in [0.15, 0.2) is 47.4 Å². The Kier molecular flexibility index (Phi) is 8.05. The SMILES string of the molecule is Cc1ccc(N(CC(C)C)S(=O)(=O)c2ccc(N(N)[C@@H](CO)CC(=O)O)cc2)c(C)c1. The van der Waals surface area contributed by atoms with Crippen molar-refractivity contribution < 1.29 is 23.4 Å². The zero-order valence-electron chi connectivity index (χ0n) is 18.3. The fraction of sp³-hybridized carbons (Fsp3) is 0.409. The lowest BCUT2D eigenvalue weighted by Gasteiger charge is -2.29. The molecular formula is C22H31N3O5S. The molecule has 8 nitrogen and oxygen atoms in total. The smallest absolute Gasteiger partial charge is 0.305 e. The maximum absolute atomic E-state index is 13.5. The summed E-state index contributed by atoms with van der Waals surface area (Å²) in [7, 11) is -3.84. The number of hydrogen-bond acceptors (Lipinski definition) is 6. The van der Waals surface area contributed by atoms with Gasteiger partial charge in [-0.05, 0) is 55.7 Å². The Bertz CT molecular complexity index is 1010. The van der Waals surface area contributed by atoms with Crippen LogP contribution in [0, 0.1) is 19.8 Å². The second-order valence-corrected chi connectivity index (χ2v) is 9.92. The number of carbonyl (C=O) groups is 1. The lowest BCUT2D eigenvalue weighted by molar-refractivity contribution is -0.137. The number of benzene rings is 2. The van der Waals surface area contributed by atoms with Gasteiger partial charge in [0.05, 0.1) is 35.3 Å². The second-order valence-electron chi connectivity index (χ2n) is 8.06. The van der Waals surface area contributed by atoms with E-state index in [1.807, 2.05) is 45.9 Å². The zero-order valence-corrected chi connectivity index (χ0v) is 19.1. The zero-order chi connectivity index (χ0) is 23.3. The van der Waals surface area contributed by atoms with Gasteiger partial charge in [0.15, 0.2) is 0 Å². The first-order chi connectivity index (χ1) is 14.5. The highest BCUT2D eigenvalue weighted by Crippen LogP contribution is 2.29. The standard InChI is InChI=1S/C22H31N3O5S/c1-15(2)13-24(21-10-5-16(3)11-17(21)4)31(29,30)20-8-6-18(7-9-20)25(23)19(14-26)12-22(27)28/h5-11,15,19,26H,12-14,23H2,1-4H3,(H,27,28)/t19-/m1/s1. The highest BCUT2D eigenvalue weighted by Gasteiger charge is 2.27. The third kappa shape index (κ3) is 5.96. The summed E-state index contributed by atoms with van der Waals surface area (Å²) in [6, 6.07) is 10.7. The molecule has 2 aromatic rings. The van der Waals surface area contributed by atoms with Crippen LogP contribution in [0.25, 0.3) is 0 Å². The summed E-state index contributed by atoms with van der Waals surface area (Å²) in [6.07, 6.45) is -0.345. The molecule has 0 spiro atoms. The van der Waals surface area contributed by atoms with E-state index >= 15 is 0 Å². The molecule has 0 aromatic heterocycles. The monoisotopic (exact) mass is 449 g/mol. The largest absolute Gasteiger partial charge is 0.481 e. The molecule has 9 heteroatoms. The average Bonchev–Trinajstić information content (AvgIpc) is 2.70. The van der Waals surface area contributed by atoms with Crippen molar-refractivity contribution in [2.24, 2.45) is 11.8 Å². The van der Waals surface area contributed by atoms with E-state index in [4.69, 9.17) is 10.9 Å². The van der Waals surface area contributed by atoms with Gasteiger partial charge in [-0.25, -0.2) is 14.3 Å². The minimum atomic E-state index is -3.84. The van der Waals surface area contributed by atoms with Crippen LogP contribution >= 0.6 is 0 Å². The number of nitrogens with zero attached hydrogens (tertiary/aromatic N) is 2. The minimum Gasteiger partial charge on any atom is -0.481 e. The summed E-state index contributed by atoms with van der Waals surface area (Å²) < 4.78 is 28.4. The Balaban J connectivity index is 2.41. The molecule has 0 aliphatic heterocycles. The number of hydrogen-bond donors (Lipinski definition) is 3. The van der Waals surface area contributed by atoms with Crippen molar-refractivity contribution in [1.29, 1.82) is 0 Å². The van der Waals surface area contributed by atoms with Crippen molar-refractivity contribution in [1.82, 2.24) is 0 Å². The van der Waals surface area contributed by atoms with E-state index in [1.165, 1.54) is 28.6 Å². The van der Waals surface area contributed by atoms with Gasteiger partial charge in [-0.1, -0.05) is 31.5 Å². The molecule has 2 aromatic carbocycles. The van der Waals surface area contributed by atoms with E-state index in [0.717, 1.165) is 16.1 Å². The lowest BCUT2D eigenvalue weighted by Crippen LogP contribution is -2.44. The fourth-order valence-electron chi connectivity index (χ4n) is 3.32. The van der Waals surface area contributed by atoms with E-state index < -0.39 is 28.6 Å². The predicted octanol–water partition coefficient (Wildman–Crippen LogP) is 2.67. The number of sulfonamides is 1. The van der Waals surface area contributed by atoms with Crippen LogP contribution < -0.4 is 15.2 Å². The third-order valence-electron chi connectivity index (χ3n) is 4.89. The molecule has 170 valence electrons. The molecule has 0 amide bonds. The number of carboxylic acids is 1. The summed E-state index contributed by atoms with van der Waals surface area (Å²) in [5.41, 5.74) is 2.95. The topological polar surface area (TPSA) is 124 Å². The molecule has 2 rings (SSSR count). The highest BCUT2D eigenvalue weighted by molar-refractivity contribution is 7.92. The van der Waals surface area contributed by atoms with Crippen molar-refractivity contribution in [2.75, 3.05) is 22.5 Å². The van der Waals surface area contributed by atoms with Crippen LogP contribution in [0.5, 0.6) is 0 Å². The summed E-state index contributed by atoms with van der Waals surface area (Å²) >= 11 is 0. The molecule has 4 N–H and O–H groups in total. The Morgan fingerprint density at radius 3 is 2.19 bits per heavy atom. The number of carboxylic acid groups (broad SMARTS) is 1.